The van der Waals surface area contributed by atoms with Gasteiger partial charge in [0.25, 0.3) is 0 Å². The first-order valence-corrected chi connectivity index (χ1v) is 7.05. The van der Waals surface area contributed by atoms with Crippen LogP contribution < -0.4 is 4.90 Å². The molecule has 0 N–H and O–H groups in total. The van der Waals surface area contributed by atoms with E-state index in [0.29, 0.717) is 25.6 Å². The predicted molar refractivity (Wildman–Crippen MR) is 69.9 cm³/mol. The number of halogens is 3. The Kier molecular flexibility index (Phi) is 4.03. The number of nitrogens with zero attached hydrogens (tertiary/aromatic N) is 2. The summed E-state index contributed by atoms with van der Waals surface area (Å²) >= 11 is 0. The van der Waals surface area contributed by atoms with Gasteiger partial charge in [-0.3, -0.25) is 0 Å². The van der Waals surface area contributed by atoms with Crippen LogP contribution in [-0.2, 0) is 15.7 Å². The van der Waals surface area contributed by atoms with Crippen molar-refractivity contribution in [2.24, 2.45) is 5.92 Å². The minimum Gasteiger partial charge on any atom is -0.356 e. The average molecular weight is 302 g/mol. The van der Waals surface area contributed by atoms with Gasteiger partial charge in [-0.25, -0.2) is 4.98 Å². The van der Waals surface area contributed by atoms with Crippen LogP contribution in [0.25, 0.3) is 0 Å². The van der Waals surface area contributed by atoms with Gasteiger partial charge in [0.2, 0.25) is 0 Å². The molecule has 0 saturated carbocycles. The maximum absolute atomic E-state index is 12.5. The lowest BCUT2D eigenvalue weighted by Gasteiger charge is -2.35. The quantitative estimate of drug-likeness (QED) is 0.841. The smallest absolute Gasteiger partial charge is 0.356 e. The maximum atomic E-state index is 12.5. The highest BCUT2D eigenvalue weighted by atomic mass is 19.4. The van der Waals surface area contributed by atoms with Gasteiger partial charge in [0.15, 0.2) is 6.29 Å². The van der Waals surface area contributed by atoms with Crippen LogP contribution in [0.15, 0.2) is 18.3 Å². The van der Waals surface area contributed by atoms with Crippen molar-refractivity contribution in [3.05, 3.63) is 23.9 Å². The van der Waals surface area contributed by atoms with Gasteiger partial charge in [-0.05, 0) is 25.0 Å². The molecule has 0 aromatic carbocycles. The van der Waals surface area contributed by atoms with Gasteiger partial charge >= 0.3 is 6.18 Å². The van der Waals surface area contributed by atoms with E-state index in [4.69, 9.17) is 9.47 Å². The Balaban J connectivity index is 1.68. The molecule has 0 radical (unpaired) electrons. The molecule has 0 bridgehead atoms. The third-order valence-corrected chi connectivity index (χ3v) is 3.89. The summed E-state index contributed by atoms with van der Waals surface area (Å²) in [5.41, 5.74) is -0.720. The molecule has 2 aliphatic heterocycles. The van der Waals surface area contributed by atoms with Gasteiger partial charge in [-0.1, -0.05) is 0 Å². The van der Waals surface area contributed by atoms with Crippen molar-refractivity contribution in [3.8, 4) is 0 Å². The van der Waals surface area contributed by atoms with E-state index in [1.54, 1.807) is 0 Å². The summed E-state index contributed by atoms with van der Waals surface area (Å²) in [4.78, 5) is 5.95. The van der Waals surface area contributed by atoms with Crippen LogP contribution in [0.1, 0.15) is 18.4 Å². The number of ether oxygens (including phenoxy) is 2. The van der Waals surface area contributed by atoms with Crippen LogP contribution in [-0.4, -0.2) is 37.6 Å². The van der Waals surface area contributed by atoms with E-state index in [0.717, 1.165) is 31.6 Å². The van der Waals surface area contributed by atoms with Gasteiger partial charge in [0.1, 0.15) is 5.82 Å². The van der Waals surface area contributed by atoms with Crippen LogP contribution in [0.5, 0.6) is 0 Å². The van der Waals surface area contributed by atoms with Crippen molar-refractivity contribution in [2.75, 3.05) is 31.2 Å². The topological polar surface area (TPSA) is 34.6 Å². The lowest BCUT2D eigenvalue weighted by molar-refractivity contribution is -0.137. The largest absolute Gasteiger partial charge is 0.417 e. The minimum atomic E-state index is -4.35. The molecule has 3 rings (SSSR count). The fraction of sp³-hybridized carbons (Fsp3) is 0.643. The summed E-state index contributed by atoms with van der Waals surface area (Å²) in [5, 5.41) is 0. The van der Waals surface area contributed by atoms with Crippen LogP contribution in [0.2, 0.25) is 0 Å². The fourth-order valence-corrected chi connectivity index (χ4v) is 2.83. The monoisotopic (exact) mass is 302 g/mol. The highest BCUT2D eigenvalue weighted by Crippen LogP contribution is 2.31. The Morgan fingerprint density at radius 3 is 2.57 bits per heavy atom. The Morgan fingerprint density at radius 2 is 1.95 bits per heavy atom. The van der Waals surface area contributed by atoms with E-state index < -0.39 is 11.7 Å². The van der Waals surface area contributed by atoms with Crippen LogP contribution in [0.4, 0.5) is 19.0 Å². The summed E-state index contributed by atoms with van der Waals surface area (Å²) in [7, 11) is 0. The Morgan fingerprint density at radius 1 is 1.19 bits per heavy atom. The zero-order chi connectivity index (χ0) is 14.9. The molecular formula is C14H17F3N2O2. The molecule has 0 aliphatic carbocycles. The first kappa shape index (κ1) is 14.6. The van der Waals surface area contributed by atoms with E-state index in [-0.39, 0.29) is 12.2 Å². The van der Waals surface area contributed by atoms with Crippen molar-refractivity contribution in [3.63, 3.8) is 0 Å². The van der Waals surface area contributed by atoms with Crippen LogP contribution in [0, 0.1) is 5.92 Å². The first-order chi connectivity index (χ1) is 10.0. The second kappa shape index (κ2) is 5.81. The van der Waals surface area contributed by atoms with Gasteiger partial charge in [-0.15, -0.1) is 0 Å². The SMILES string of the molecule is FC(F)(F)c1ccc(N2CCC[C@@H](C3OCCO3)C2)nc1. The molecule has 1 aromatic rings. The van der Waals surface area contributed by atoms with E-state index in [2.05, 4.69) is 4.98 Å². The van der Waals surface area contributed by atoms with E-state index in [1.165, 1.54) is 6.07 Å². The number of piperidine rings is 1. The highest BCUT2D eigenvalue weighted by Gasteiger charge is 2.33. The summed E-state index contributed by atoms with van der Waals surface area (Å²) in [6, 6.07) is 2.51. The van der Waals surface area contributed by atoms with Gasteiger partial charge < -0.3 is 14.4 Å². The van der Waals surface area contributed by atoms with E-state index >= 15 is 0 Å². The molecule has 1 atom stereocenters. The number of hydrogen-bond donors (Lipinski definition) is 0. The zero-order valence-electron chi connectivity index (χ0n) is 11.5. The molecular weight excluding hydrogens is 285 g/mol. The number of pyridine rings is 1. The minimum absolute atomic E-state index is 0.192. The number of aromatic nitrogens is 1. The lowest BCUT2D eigenvalue weighted by Crippen LogP contribution is -2.41. The van der Waals surface area contributed by atoms with Crippen molar-refractivity contribution in [1.29, 1.82) is 0 Å². The summed E-state index contributed by atoms with van der Waals surface area (Å²) in [6.45, 7) is 2.71. The molecule has 2 aliphatic rings. The average Bonchev–Trinajstić information content (AvgIpc) is 3.01. The molecule has 2 fully saturated rings. The molecule has 21 heavy (non-hydrogen) atoms. The Bertz CT molecular complexity index is 472. The first-order valence-electron chi connectivity index (χ1n) is 7.05. The number of alkyl halides is 3. The van der Waals surface area contributed by atoms with E-state index in [1.807, 2.05) is 4.90 Å². The predicted octanol–water partition coefficient (Wildman–Crippen LogP) is 2.69. The molecule has 4 nitrogen and oxygen atoms in total. The molecule has 1 aromatic heterocycles. The third kappa shape index (κ3) is 3.29. The second-order valence-corrected chi connectivity index (χ2v) is 5.36. The normalized spacial score (nSPS) is 24.5. The van der Waals surface area contributed by atoms with Gasteiger partial charge in [0.05, 0.1) is 18.8 Å². The number of rotatable bonds is 2. The molecule has 116 valence electrons. The Labute approximate surface area is 120 Å². The van der Waals surface area contributed by atoms with Crippen LogP contribution >= 0.6 is 0 Å². The van der Waals surface area contributed by atoms with Crippen molar-refractivity contribution < 1.29 is 22.6 Å². The molecule has 3 heterocycles. The van der Waals surface area contributed by atoms with Crippen molar-refractivity contribution in [1.82, 2.24) is 4.98 Å². The zero-order valence-corrected chi connectivity index (χ0v) is 11.5. The fourth-order valence-electron chi connectivity index (χ4n) is 2.83. The number of anilines is 1. The molecule has 0 unspecified atom stereocenters. The lowest BCUT2D eigenvalue weighted by atomic mass is 9.97. The standard InChI is InChI=1S/C14H17F3N2O2/c15-14(16,17)11-3-4-12(18-8-11)19-5-1-2-10(9-19)13-20-6-7-21-13/h3-4,8,10,13H,1-2,5-7,9H2/t10-/m1/s1. The summed E-state index contributed by atoms with van der Waals surface area (Å²) < 4.78 is 48.7. The van der Waals surface area contributed by atoms with Gasteiger partial charge in [0, 0.05) is 25.2 Å². The second-order valence-electron chi connectivity index (χ2n) is 5.36. The summed E-state index contributed by atoms with van der Waals surface area (Å²) in [5.74, 6) is 0.816. The Hall–Kier alpha value is -1.34. The number of hydrogen-bond acceptors (Lipinski definition) is 4. The highest BCUT2D eigenvalue weighted by molar-refractivity contribution is 5.40. The van der Waals surface area contributed by atoms with E-state index in [9.17, 15) is 13.2 Å². The van der Waals surface area contributed by atoms with Gasteiger partial charge in [-0.2, -0.15) is 13.2 Å². The molecule has 0 spiro atoms. The molecule has 7 heteroatoms. The molecule has 2 saturated heterocycles. The van der Waals surface area contributed by atoms with Crippen molar-refractivity contribution in [2.45, 2.75) is 25.3 Å². The molecule has 0 amide bonds. The van der Waals surface area contributed by atoms with Crippen molar-refractivity contribution >= 4 is 5.82 Å². The maximum Gasteiger partial charge on any atom is 0.417 e. The summed E-state index contributed by atoms with van der Waals surface area (Å²) in [6.07, 6.45) is -1.69. The van der Waals surface area contributed by atoms with Crippen LogP contribution in [0.3, 0.4) is 0 Å². The third-order valence-electron chi connectivity index (χ3n) is 3.89.